The minimum Gasteiger partial charge on any atom is -0.490 e. The smallest absolute Gasteiger partial charge is 0.250 e. The van der Waals surface area contributed by atoms with E-state index in [0.717, 1.165) is 16.3 Å². The molecular formula is C17H16N2O2S2. The maximum absolute atomic E-state index is 11.8. The number of thiocarbonyl (C=S) groups is 1. The van der Waals surface area contributed by atoms with Crippen LogP contribution in [-0.2, 0) is 4.79 Å². The molecular weight excluding hydrogens is 328 g/mol. The van der Waals surface area contributed by atoms with Gasteiger partial charge in [0.15, 0.2) is 5.11 Å². The van der Waals surface area contributed by atoms with Crippen molar-refractivity contribution in [2.24, 2.45) is 0 Å². The molecule has 0 radical (unpaired) electrons. The Bertz CT molecular complexity index is 692. The number of carbonyl (C=O) groups is 1. The molecule has 0 aliphatic carbocycles. The average Bonchev–Trinajstić information content (AvgIpc) is 3.05. The molecule has 0 fully saturated rings. The van der Waals surface area contributed by atoms with Crippen molar-refractivity contribution in [1.82, 2.24) is 5.32 Å². The van der Waals surface area contributed by atoms with E-state index in [-0.39, 0.29) is 11.0 Å². The van der Waals surface area contributed by atoms with Crippen molar-refractivity contribution in [3.05, 3.63) is 65.4 Å². The zero-order valence-corrected chi connectivity index (χ0v) is 14.0. The number of hydrogen-bond donors (Lipinski definition) is 2. The number of nitrogens with one attached hydrogen (secondary N) is 2. The van der Waals surface area contributed by atoms with Crippen LogP contribution in [0.2, 0.25) is 0 Å². The summed E-state index contributed by atoms with van der Waals surface area (Å²) < 4.78 is 5.39. The van der Waals surface area contributed by atoms with Crippen molar-refractivity contribution < 1.29 is 9.53 Å². The fraction of sp³-hybridized carbons (Fsp3) is 0.0588. The van der Waals surface area contributed by atoms with E-state index in [1.807, 2.05) is 41.8 Å². The average molecular weight is 344 g/mol. The van der Waals surface area contributed by atoms with Crippen LogP contribution in [0.4, 0.5) is 5.69 Å². The minimum absolute atomic E-state index is 0.241. The fourth-order valence-corrected chi connectivity index (χ4v) is 2.49. The fourth-order valence-electron chi connectivity index (χ4n) is 1.65. The van der Waals surface area contributed by atoms with Crippen LogP contribution in [0.1, 0.15) is 4.88 Å². The van der Waals surface area contributed by atoms with Crippen LogP contribution in [-0.4, -0.2) is 17.6 Å². The lowest BCUT2D eigenvalue weighted by Crippen LogP contribution is -2.32. The molecule has 0 atom stereocenters. The summed E-state index contributed by atoms with van der Waals surface area (Å²) in [6.45, 7) is 4.05. The van der Waals surface area contributed by atoms with E-state index in [9.17, 15) is 4.79 Å². The lowest BCUT2D eigenvalue weighted by Gasteiger charge is -2.09. The molecule has 1 amide bonds. The van der Waals surface area contributed by atoms with Gasteiger partial charge in [-0.05, 0) is 54.0 Å². The molecule has 6 heteroatoms. The van der Waals surface area contributed by atoms with E-state index in [0.29, 0.717) is 6.61 Å². The van der Waals surface area contributed by atoms with Crippen molar-refractivity contribution in [2.45, 2.75) is 0 Å². The summed E-state index contributed by atoms with van der Waals surface area (Å²) in [5.74, 6) is 0.464. The molecule has 1 heterocycles. The Balaban J connectivity index is 1.81. The highest BCUT2D eigenvalue weighted by molar-refractivity contribution is 7.80. The molecule has 4 nitrogen and oxygen atoms in total. The topological polar surface area (TPSA) is 50.4 Å². The number of anilines is 1. The van der Waals surface area contributed by atoms with Crippen LogP contribution < -0.4 is 15.4 Å². The Morgan fingerprint density at radius 2 is 2.09 bits per heavy atom. The van der Waals surface area contributed by atoms with Crippen LogP contribution in [0.3, 0.4) is 0 Å². The third kappa shape index (κ3) is 6.06. The number of benzene rings is 1. The summed E-state index contributed by atoms with van der Waals surface area (Å²) in [5.41, 5.74) is 0.767. The highest BCUT2D eigenvalue weighted by atomic mass is 32.1. The van der Waals surface area contributed by atoms with Crippen LogP contribution in [0.5, 0.6) is 5.75 Å². The summed E-state index contributed by atoms with van der Waals surface area (Å²) >= 11 is 6.67. The van der Waals surface area contributed by atoms with Gasteiger partial charge < -0.3 is 10.1 Å². The SMILES string of the molecule is C=CCOc1ccc(NC(=S)NC(=O)/C=C/c2cccs2)cc1. The van der Waals surface area contributed by atoms with Gasteiger partial charge in [0.1, 0.15) is 12.4 Å². The van der Waals surface area contributed by atoms with Gasteiger partial charge in [-0.2, -0.15) is 0 Å². The zero-order valence-electron chi connectivity index (χ0n) is 12.3. The molecule has 23 heavy (non-hydrogen) atoms. The third-order valence-electron chi connectivity index (χ3n) is 2.66. The maximum Gasteiger partial charge on any atom is 0.250 e. The van der Waals surface area contributed by atoms with Gasteiger partial charge in [0.05, 0.1) is 0 Å². The van der Waals surface area contributed by atoms with E-state index >= 15 is 0 Å². The van der Waals surface area contributed by atoms with Gasteiger partial charge in [0.2, 0.25) is 5.91 Å². The zero-order chi connectivity index (χ0) is 16.5. The Hall–Kier alpha value is -2.44. The van der Waals surface area contributed by atoms with Gasteiger partial charge in [-0.15, -0.1) is 11.3 Å². The van der Waals surface area contributed by atoms with E-state index in [4.69, 9.17) is 17.0 Å². The number of amides is 1. The molecule has 0 spiro atoms. The predicted molar refractivity (Wildman–Crippen MR) is 99.9 cm³/mol. The number of thiophene rings is 1. The van der Waals surface area contributed by atoms with Crippen LogP contribution in [0, 0.1) is 0 Å². The van der Waals surface area contributed by atoms with E-state index in [2.05, 4.69) is 17.2 Å². The Morgan fingerprint density at radius 1 is 1.30 bits per heavy atom. The maximum atomic E-state index is 11.8. The second-order valence-electron chi connectivity index (χ2n) is 4.42. The van der Waals surface area contributed by atoms with Crippen molar-refractivity contribution in [3.63, 3.8) is 0 Å². The Kier molecular flexibility index (Phi) is 6.53. The van der Waals surface area contributed by atoms with Crippen LogP contribution in [0.25, 0.3) is 6.08 Å². The first-order chi connectivity index (χ1) is 11.2. The summed E-state index contributed by atoms with van der Waals surface area (Å²) in [5, 5.41) is 7.73. The van der Waals surface area contributed by atoms with Gasteiger partial charge in [0.25, 0.3) is 0 Å². The van der Waals surface area contributed by atoms with Crippen molar-refractivity contribution >= 4 is 46.3 Å². The Morgan fingerprint density at radius 3 is 2.74 bits per heavy atom. The molecule has 0 aliphatic rings. The molecule has 118 valence electrons. The number of hydrogen-bond acceptors (Lipinski definition) is 4. The molecule has 0 saturated heterocycles. The predicted octanol–water partition coefficient (Wildman–Crippen LogP) is 3.84. The first kappa shape index (κ1) is 16.9. The molecule has 0 aliphatic heterocycles. The molecule has 0 bridgehead atoms. The standard InChI is InChI=1S/C17H16N2O2S2/c1-2-11-21-14-7-5-13(6-8-14)18-17(22)19-16(20)10-9-15-4-3-12-23-15/h2-10,12H,1,11H2,(H2,18,19,20,22)/b10-9+. The first-order valence-electron chi connectivity index (χ1n) is 6.84. The molecule has 2 N–H and O–H groups in total. The number of rotatable bonds is 6. The normalized spacial score (nSPS) is 10.3. The van der Waals surface area contributed by atoms with Gasteiger partial charge >= 0.3 is 0 Å². The largest absolute Gasteiger partial charge is 0.490 e. The highest BCUT2D eigenvalue weighted by Crippen LogP contribution is 2.15. The molecule has 1 aromatic heterocycles. The van der Waals surface area contributed by atoms with Gasteiger partial charge in [0, 0.05) is 16.6 Å². The Labute approximate surface area is 144 Å². The van der Waals surface area contributed by atoms with Gasteiger partial charge in [-0.25, -0.2) is 0 Å². The minimum atomic E-state index is -0.276. The molecule has 2 rings (SSSR count). The second kappa shape index (κ2) is 8.87. The van der Waals surface area contributed by atoms with Crippen molar-refractivity contribution in [1.29, 1.82) is 0 Å². The molecule has 1 aromatic carbocycles. The molecule has 0 unspecified atom stereocenters. The summed E-state index contributed by atoms with van der Waals surface area (Å²) in [6, 6.07) is 11.1. The van der Waals surface area contributed by atoms with E-state index < -0.39 is 0 Å². The van der Waals surface area contributed by atoms with Crippen molar-refractivity contribution in [2.75, 3.05) is 11.9 Å². The van der Waals surface area contributed by atoms with E-state index in [1.165, 1.54) is 6.08 Å². The van der Waals surface area contributed by atoms with E-state index in [1.54, 1.807) is 23.5 Å². The molecule has 0 saturated carbocycles. The van der Waals surface area contributed by atoms with Gasteiger partial charge in [-0.1, -0.05) is 18.7 Å². The van der Waals surface area contributed by atoms with Crippen molar-refractivity contribution in [3.8, 4) is 5.75 Å². The summed E-state index contributed by atoms with van der Waals surface area (Å²) in [7, 11) is 0. The third-order valence-corrected chi connectivity index (χ3v) is 3.70. The molecule has 2 aromatic rings. The number of carbonyl (C=O) groups excluding carboxylic acids is 1. The monoisotopic (exact) mass is 344 g/mol. The van der Waals surface area contributed by atoms with Crippen LogP contribution in [0.15, 0.2) is 60.5 Å². The second-order valence-corrected chi connectivity index (χ2v) is 5.80. The lowest BCUT2D eigenvalue weighted by atomic mass is 10.3. The van der Waals surface area contributed by atoms with Crippen LogP contribution >= 0.6 is 23.6 Å². The lowest BCUT2D eigenvalue weighted by molar-refractivity contribution is -0.115. The number of ether oxygens (including phenoxy) is 1. The highest BCUT2D eigenvalue weighted by Gasteiger charge is 2.02. The quantitative estimate of drug-likeness (QED) is 0.475. The van der Waals surface area contributed by atoms with Gasteiger partial charge in [-0.3, -0.25) is 10.1 Å². The first-order valence-corrected chi connectivity index (χ1v) is 8.13. The summed E-state index contributed by atoms with van der Waals surface area (Å²) in [4.78, 5) is 12.8. The summed E-state index contributed by atoms with van der Waals surface area (Å²) in [6.07, 6.45) is 4.88.